The maximum Gasteiger partial charge on any atom is 0.0946 e. The van der Waals surface area contributed by atoms with Crippen LogP contribution in [0.1, 0.15) is 17.4 Å². The smallest absolute Gasteiger partial charge is 0.0946 e. The van der Waals surface area contributed by atoms with Crippen LogP contribution in [0.5, 0.6) is 0 Å². The molecule has 96 valence electrons. The van der Waals surface area contributed by atoms with E-state index in [9.17, 15) is 0 Å². The molecule has 1 atom stereocenters. The van der Waals surface area contributed by atoms with Gasteiger partial charge in [-0.1, -0.05) is 23.2 Å². The highest BCUT2D eigenvalue weighted by Crippen LogP contribution is 2.31. The van der Waals surface area contributed by atoms with E-state index in [0.29, 0.717) is 15.7 Å². The standard InChI is InChI=1S/C11H11BrCl2N4/c1-15-10(11-7(12)5-17-18(11)2)9-8(14)3-6(13)4-16-9/h3-5,10,15H,1-2H3. The third-order valence-electron chi connectivity index (χ3n) is 2.61. The van der Waals surface area contributed by atoms with E-state index in [1.807, 2.05) is 14.1 Å². The Morgan fingerprint density at radius 3 is 2.61 bits per heavy atom. The Balaban J connectivity index is 2.52. The van der Waals surface area contributed by atoms with E-state index in [-0.39, 0.29) is 6.04 Å². The van der Waals surface area contributed by atoms with Crippen LogP contribution < -0.4 is 5.32 Å². The fourth-order valence-corrected chi connectivity index (χ4v) is 2.85. The number of rotatable bonds is 3. The Kier molecular flexibility index (Phi) is 4.27. The van der Waals surface area contributed by atoms with E-state index in [1.165, 1.54) is 0 Å². The predicted molar refractivity (Wildman–Crippen MR) is 76.1 cm³/mol. The normalized spacial score (nSPS) is 12.7. The first kappa shape index (κ1) is 13.8. The van der Waals surface area contributed by atoms with Crippen molar-refractivity contribution in [3.05, 3.63) is 44.4 Å². The summed E-state index contributed by atoms with van der Waals surface area (Å²) in [6.07, 6.45) is 3.32. The second-order valence-corrected chi connectivity index (χ2v) is 5.44. The molecule has 0 radical (unpaired) electrons. The Bertz CT molecular complexity index is 551. The van der Waals surface area contributed by atoms with Gasteiger partial charge in [0, 0.05) is 13.2 Å². The maximum atomic E-state index is 6.19. The first-order chi connectivity index (χ1) is 8.54. The zero-order valence-electron chi connectivity index (χ0n) is 9.78. The third-order valence-corrected chi connectivity index (χ3v) is 3.73. The van der Waals surface area contributed by atoms with Crippen LogP contribution in [0, 0.1) is 0 Å². The fraction of sp³-hybridized carbons (Fsp3) is 0.273. The van der Waals surface area contributed by atoms with E-state index in [0.717, 1.165) is 10.2 Å². The molecule has 0 aliphatic heterocycles. The summed E-state index contributed by atoms with van der Waals surface area (Å²) in [5.74, 6) is 0. The zero-order chi connectivity index (χ0) is 13.3. The van der Waals surface area contributed by atoms with Crippen molar-refractivity contribution < 1.29 is 0 Å². The molecule has 2 aromatic heterocycles. The number of pyridine rings is 1. The van der Waals surface area contributed by atoms with Crippen molar-refractivity contribution in [3.8, 4) is 0 Å². The van der Waals surface area contributed by atoms with Gasteiger partial charge in [-0.05, 0) is 29.0 Å². The molecule has 0 amide bonds. The molecule has 0 saturated carbocycles. The number of aromatic nitrogens is 3. The summed E-state index contributed by atoms with van der Waals surface area (Å²) >= 11 is 15.5. The van der Waals surface area contributed by atoms with Gasteiger partial charge in [-0.3, -0.25) is 9.67 Å². The molecular weight excluding hydrogens is 339 g/mol. The van der Waals surface area contributed by atoms with Crippen LogP contribution in [-0.2, 0) is 7.05 Å². The highest BCUT2D eigenvalue weighted by Gasteiger charge is 2.22. The van der Waals surface area contributed by atoms with Crippen LogP contribution in [0.2, 0.25) is 10.0 Å². The van der Waals surface area contributed by atoms with Crippen LogP contribution in [0.25, 0.3) is 0 Å². The molecule has 1 N–H and O–H groups in total. The van der Waals surface area contributed by atoms with Gasteiger partial charge in [-0.2, -0.15) is 5.10 Å². The SMILES string of the molecule is CNC(c1ncc(Cl)cc1Cl)c1c(Br)cnn1C. The van der Waals surface area contributed by atoms with Crippen LogP contribution in [-0.4, -0.2) is 21.8 Å². The molecule has 1 unspecified atom stereocenters. The van der Waals surface area contributed by atoms with E-state index < -0.39 is 0 Å². The molecule has 0 aliphatic rings. The lowest BCUT2D eigenvalue weighted by Gasteiger charge is -2.18. The van der Waals surface area contributed by atoms with Crippen molar-refractivity contribution in [2.24, 2.45) is 7.05 Å². The van der Waals surface area contributed by atoms with Crippen LogP contribution in [0.4, 0.5) is 0 Å². The molecule has 2 aromatic rings. The van der Waals surface area contributed by atoms with E-state index in [1.54, 1.807) is 23.1 Å². The largest absolute Gasteiger partial charge is 0.307 e. The summed E-state index contributed by atoms with van der Waals surface area (Å²) in [6, 6.07) is 1.52. The number of aryl methyl sites for hydroxylation is 1. The molecule has 4 nitrogen and oxygen atoms in total. The second kappa shape index (κ2) is 5.57. The van der Waals surface area contributed by atoms with Crippen molar-refractivity contribution >= 4 is 39.1 Å². The highest BCUT2D eigenvalue weighted by molar-refractivity contribution is 9.10. The first-order valence-electron chi connectivity index (χ1n) is 5.20. The lowest BCUT2D eigenvalue weighted by atomic mass is 10.1. The lowest BCUT2D eigenvalue weighted by molar-refractivity contribution is 0.592. The predicted octanol–water partition coefficient (Wildman–Crippen LogP) is 3.19. The van der Waals surface area contributed by atoms with E-state index in [2.05, 4.69) is 31.3 Å². The molecule has 7 heteroatoms. The molecule has 2 rings (SSSR count). The minimum Gasteiger partial charge on any atom is -0.307 e. The van der Waals surface area contributed by atoms with Gasteiger partial charge >= 0.3 is 0 Å². The van der Waals surface area contributed by atoms with Crippen LogP contribution in [0.3, 0.4) is 0 Å². The molecule has 0 aromatic carbocycles. The summed E-state index contributed by atoms with van der Waals surface area (Å²) in [5.41, 5.74) is 1.67. The first-order valence-corrected chi connectivity index (χ1v) is 6.75. The molecule has 0 bridgehead atoms. The molecule has 0 saturated heterocycles. The van der Waals surface area contributed by atoms with Crippen molar-refractivity contribution in [2.75, 3.05) is 7.05 Å². The molecular formula is C11H11BrCl2N4. The van der Waals surface area contributed by atoms with Gasteiger partial charge in [0.05, 0.1) is 38.1 Å². The number of halogens is 3. The molecule has 0 aliphatic carbocycles. The van der Waals surface area contributed by atoms with Gasteiger partial charge in [-0.15, -0.1) is 0 Å². The average Bonchev–Trinajstić information content (AvgIpc) is 2.64. The summed E-state index contributed by atoms with van der Waals surface area (Å²) in [7, 11) is 3.71. The van der Waals surface area contributed by atoms with Gasteiger partial charge in [0.1, 0.15) is 0 Å². The van der Waals surface area contributed by atoms with E-state index in [4.69, 9.17) is 23.2 Å². The van der Waals surface area contributed by atoms with Gasteiger partial charge < -0.3 is 5.32 Å². The van der Waals surface area contributed by atoms with Gasteiger partial charge in [0.2, 0.25) is 0 Å². The second-order valence-electron chi connectivity index (χ2n) is 3.74. The summed E-state index contributed by atoms with van der Waals surface area (Å²) < 4.78 is 2.68. The molecule has 18 heavy (non-hydrogen) atoms. The van der Waals surface area contributed by atoms with Crippen LogP contribution in [0.15, 0.2) is 22.9 Å². The Morgan fingerprint density at radius 1 is 1.39 bits per heavy atom. The fourth-order valence-electron chi connectivity index (χ4n) is 1.79. The lowest BCUT2D eigenvalue weighted by Crippen LogP contribution is -2.22. The number of nitrogens with one attached hydrogen (secondary N) is 1. The van der Waals surface area contributed by atoms with Crippen molar-refractivity contribution in [1.82, 2.24) is 20.1 Å². The zero-order valence-corrected chi connectivity index (χ0v) is 12.9. The quantitative estimate of drug-likeness (QED) is 0.925. The Hall–Kier alpha value is -0.620. The van der Waals surface area contributed by atoms with Crippen molar-refractivity contribution in [1.29, 1.82) is 0 Å². The number of nitrogens with zero attached hydrogens (tertiary/aromatic N) is 3. The Morgan fingerprint density at radius 2 is 2.11 bits per heavy atom. The van der Waals surface area contributed by atoms with Crippen molar-refractivity contribution in [2.45, 2.75) is 6.04 Å². The minimum absolute atomic E-state index is 0.156. The highest BCUT2D eigenvalue weighted by atomic mass is 79.9. The molecule has 0 spiro atoms. The van der Waals surface area contributed by atoms with Gasteiger partial charge in [-0.25, -0.2) is 0 Å². The molecule has 2 heterocycles. The number of hydrogen-bond acceptors (Lipinski definition) is 3. The Labute approximate surface area is 123 Å². The average molecular weight is 350 g/mol. The summed E-state index contributed by atoms with van der Waals surface area (Å²) in [4.78, 5) is 4.30. The topological polar surface area (TPSA) is 42.7 Å². The summed E-state index contributed by atoms with van der Waals surface area (Å²) in [6.45, 7) is 0. The monoisotopic (exact) mass is 348 g/mol. The van der Waals surface area contributed by atoms with Gasteiger partial charge in [0.25, 0.3) is 0 Å². The minimum atomic E-state index is -0.156. The maximum absolute atomic E-state index is 6.19. The molecule has 0 fully saturated rings. The van der Waals surface area contributed by atoms with E-state index >= 15 is 0 Å². The van der Waals surface area contributed by atoms with Gasteiger partial charge in [0.15, 0.2) is 0 Å². The summed E-state index contributed by atoms with van der Waals surface area (Å²) in [5, 5.41) is 8.41. The van der Waals surface area contributed by atoms with Crippen LogP contribution >= 0.6 is 39.1 Å². The van der Waals surface area contributed by atoms with Crippen molar-refractivity contribution in [3.63, 3.8) is 0 Å². The third kappa shape index (κ3) is 2.54. The number of hydrogen-bond donors (Lipinski definition) is 1.